The van der Waals surface area contributed by atoms with E-state index in [1.165, 1.54) is 19.1 Å². The van der Waals surface area contributed by atoms with E-state index >= 15 is 0 Å². The van der Waals surface area contributed by atoms with E-state index in [1.54, 1.807) is 0 Å². The molecule has 0 unspecified atom stereocenters. The Labute approximate surface area is 251 Å². The van der Waals surface area contributed by atoms with Crippen molar-refractivity contribution in [2.45, 2.75) is 49.9 Å². The summed E-state index contributed by atoms with van der Waals surface area (Å²) in [5.41, 5.74) is -10.5. The van der Waals surface area contributed by atoms with Crippen LogP contribution < -0.4 is 4.74 Å². The Bertz CT molecular complexity index is 1660. The molecular formula is C25H18ClF9N6O4. The zero-order chi connectivity index (χ0) is 33.7. The van der Waals surface area contributed by atoms with Gasteiger partial charge in [0.2, 0.25) is 0 Å². The van der Waals surface area contributed by atoms with Crippen LogP contribution in [0.1, 0.15) is 35.8 Å². The minimum Gasteiger partial charge on any atom is -0.449 e. The maximum absolute atomic E-state index is 14.9. The molecule has 1 saturated carbocycles. The number of carbonyl (C=O) groups excluding carboxylic acids is 2. The predicted molar refractivity (Wildman–Crippen MR) is 133 cm³/mol. The molecule has 4 rings (SSSR count). The Hall–Kier alpha value is -4.47. The van der Waals surface area contributed by atoms with Crippen LogP contribution in [0.25, 0.3) is 16.9 Å². The number of alkyl halides is 9. The molecule has 0 radical (unpaired) electrons. The highest BCUT2D eigenvalue weighted by Crippen LogP contribution is 2.56. The zero-order valence-electron chi connectivity index (χ0n) is 22.7. The molecular weight excluding hydrogens is 655 g/mol. The highest BCUT2D eigenvalue weighted by molar-refractivity contribution is 6.34. The van der Waals surface area contributed by atoms with Crippen LogP contribution in [0.4, 0.5) is 44.3 Å². The molecule has 0 bridgehead atoms. The standard InChI is InChI=1S/C25H18ClF9N6O4/c1-3-44-21(43)41(22(11-36)6-7-22)19(42)14-8-12(4-5-15(14)26)13-9-37-40(10-13)18-16(45-20(27)28)17(38-39(18)2)23(29,24(30,31)32)25(33,34)35/h4-5,8-10,20H,3,6-7H2,1-2H3. The number of amides is 2. The van der Waals surface area contributed by atoms with Crippen molar-refractivity contribution >= 4 is 23.6 Å². The first-order valence-electron chi connectivity index (χ1n) is 12.4. The van der Waals surface area contributed by atoms with Crippen LogP contribution >= 0.6 is 11.6 Å². The van der Waals surface area contributed by atoms with Gasteiger partial charge in [0, 0.05) is 18.8 Å². The molecule has 2 heterocycles. The maximum atomic E-state index is 14.9. The Balaban J connectivity index is 1.82. The number of nitrogens with zero attached hydrogens (tertiary/aromatic N) is 6. The predicted octanol–water partition coefficient (Wildman–Crippen LogP) is 6.47. The van der Waals surface area contributed by atoms with Gasteiger partial charge in [-0.05, 0) is 37.5 Å². The Morgan fingerprint density at radius 1 is 1.13 bits per heavy atom. The van der Waals surface area contributed by atoms with Gasteiger partial charge < -0.3 is 9.47 Å². The molecule has 45 heavy (non-hydrogen) atoms. The van der Waals surface area contributed by atoms with Crippen molar-refractivity contribution in [1.29, 1.82) is 5.26 Å². The van der Waals surface area contributed by atoms with Crippen molar-refractivity contribution in [3.63, 3.8) is 0 Å². The molecule has 0 N–H and O–H groups in total. The minimum absolute atomic E-state index is 0.0197. The summed E-state index contributed by atoms with van der Waals surface area (Å²) >= 11 is 6.21. The Morgan fingerprint density at radius 3 is 2.27 bits per heavy atom. The van der Waals surface area contributed by atoms with E-state index in [9.17, 15) is 54.4 Å². The molecule has 10 nitrogen and oxygen atoms in total. The molecule has 1 aliphatic carbocycles. The second-order valence-electron chi connectivity index (χ2n) is 9.51. The molecule has 0 aliphatic heterocycles. The van der Waals surface area contributed by atoms with Crippen LogP contribution in [0.15, 0.2) is 30.6 Å². The number of halogens is 10. The van der Waals surface area contributed by atoms with Crippen molar-refractivity contribution in [1.82, 2.24) is 24.5 Å². The average molecular weight is 673 g/mol. The fourth-order valence-electron chi connectivity index (χ4n) is 4.32. The lowest BCUT2D eigenvalue weighted by atomic mass is 9.99. The number of benzene rings is 1. The molecule has 0 spiro atoms. The smallest absolute Gasteiger partial charge is 0.437 e. The van der Waals surface area contributed by atoms with Gasteiger partial charge in [-0.25, -0.2) is 23.4 Å². The third kappa shape index (κ3) is 5.74. The molecule has 1 aliphatic rings. The number of hydrogen-bond donors (Lipinski definition) is 0. The largest absolute Gasteiger partial charge is 0.449 e. The lowest BCUT2D eigenvalue weighted by Gasteiger charge is -2.28. The summed E-state index contributed by atoms with van der Waals surface area (Å²) in [6.07, 6.45) is -12.3. The molecule has 0 atom stereocenters. The monoisotopic (exact) mass is 672 g/mol. The van der Waals surface area contributed by atoms with E-state index in [0.717, 1.165) is 25.5 Å². The average Bonchev–Trinajstić information content (AvgIpc) is 3.44. The lowest BCUT2D eigenvalue weighted by molar-refractivity contribution is -0.350. The number of hydrogen-bond acceptors (Lipinski definition) is 7. The summed E-state index contributed by atoms with van der Waals surface area (Å²) < 4.78 is 132. The van der Waals surface area contributed by atoms with Crippen molar-refractivity contribution in [3.05, 3.63) is 46.9 Å². The van der Waals surface area contributed by atoms with Crippen LogP contribution in [0.5, 0.6) is 5.75 Å². The number of rotatable bonds is 8. The van der Waals surface area contributed by atoms with Gasteiger partial charge in [0.15, 0.2) is 17.3 Å². The van der Waals surface area contributed by atoms with Gasteiger partial charge in [-0.2, -0.15) is 50.6 Å². The third-order valence-electron chi connectivity index (χ3n) is 6.63. The van der Waals surface area contributed by atoms with E-state index in [0.29, 0.717) is 9.58 Å². The van der Waals surface area contributed by atoms with Crippen LogP contribution in [0.3, 0.4) is 0 Å². The first kappa shape index (κ1) is 33.4. The number of ether oxygens (including phenoxy) is 2. The second-order valence-corrected chi connectivity index (χ2v) is 9.92. The van der Waals surface area contributed by atoms with E-state index in [2.05, 4.69) is 14.9 Å². The third-order valence-corrected chi connectivity index (χ3v) is 6.96. The van der Waals surface area contributed by atoms with Gasteiger partial charge >= 0.3 is 30.7 Å². The van der Waals surface area contributed by atoms with Crippen LogP contribution in [0, 0.1) is 11.3 Å². The highest BCUT2D eigenvalue weighted by atomic mass is 35.5. The first-order chi connectivity index (χ1) is 20.8. The second kappa shape index (κ2) is 11.5. The summed E-state index contributed by atoms with van der Waals surface area (Å²) in [6, 6.07) is 5.53. The van der Waals surface area contributed by atoms with Gasteiger partial charge in [-0.3, -0.25) is 4.79 Å². The fourth-order valence-corrected chi connectivity index (χ4v) is 4.52. The molecule has 2 aromatic heterocycles. The maximum Gasteiger partial charge on any atom is 0.437 e. The van der Waals surface area contributed by atoms with Gasteiger partial charge in [0.1, 0.15) is 5.54 Å². The topological polar surface area (TPSA) is 115 Å². The molecule has 242 valence electrons. The normalized spacial score (nSPS) is 14.7. The van der Waals surface area contributed by atoms with Gasteiger partial charge in [-0.15, -0.1) is 0 Å². The highest BCUT2D eigenvalue weighted by Gasteiger charge is 2.76. The van der Waals surface area contributed by atoms with E-state index < -0.39 is 59.4 Å². The lowest BCUT2D eigenvalue weighted by Crippen LogP contribution is -2.51. The molecule has 2 amide bonds. The quantitative estimate of drug-likeness (QED) is 0.252. The summed E-state index contributed by atoms with van der Waals surface area (Å²) in [6.45, 7) is -2.66. The Kier molecular flexibility index (Phi) is 8.52. The number of imide groups is 1. The van der Waals surface area contributed by atoms with Gasteiger partial charge in [-0.1, -0.05) is 17.7 Å². The molecule has 20 heteroatoms. The summed E-state index contributed by atoms with van der Waals surface area (Å²) in [5.74, 6) is -3.97. The molecule has 1 fully saturated rings. The van der Waals surface area contributed by atoms with Crippen molar-refractivity contribution in [2.75, 3.05) is 6.61 Å². The molecule has 0 saturated heterocycles. The van der Waals surface area contributed by atoms with E-state index in [1.807, 2.05) is 6.07 Å². The van der Waals surface area contributed by atoms with Crippen LogP contribution in [-0.4, -0.2) is 67.6 Å². The number of aromatic nitrogens is 4. The summed E-state index contributed by atoms with van der Waals surface area (Å²) in [5, 5.41) is 16.1. The van der Waals surface area contributed by atoms with Gasteiger partial charge in [0.25, 0.3) is 5.91 Å². The van der Waals surface area contributed by atoms with Gasteiger partial charge in [0.05, 0.1) is 29.5 Å². The minimum atomic E-state index is -6.69. The first-order valence-corrected chi connectivity index (χ1v) is 12.8. The molecule has 1 aromatic carbocycles. The van der Waals surface area contributed by atoms with Crippen molar-refractivity contribution < 1.29 is 58.6 Å². The fraction of sp³-hybridized carbons (Fsp3) is 0.400. The zero-order valence-corrected chi connectivity index (χ0v) is 23.4. The SMILES string of the molecule is CCOC(=O)N(C(=O)c1cc(-c2cnn(-c3c(OC(F)F)c(C(F)(C(F)(F)F)C(F)(F)F)nn3C)c2)ccc1Cl)C1(C#N)CC1. The Morgan fingerprint density at radius 2 is 1.76 bits per heavy atom. The van der Waals surface area contributed by atoms with Crippen molar-refractivity contribution in [3.8, 4) is 28.8 Å². The summed E-state index contributed by atoms with van der Waals surface area (Å²) in [4.78, 5) is 26.7. The number of carbonyl (C=O) groups is 2. The van der Waals surface area contributed by atoms with Crippen LogP contribution in [0.2, 0.25) is 5.02 Å². The number of aryl methyl sites for hydroxylation is 1. The van der Waals surface area contributed by atoms with E-state index in [4.69, 9.17) is 16.3 Å². The summed E-state index contributed by atoms with van der Waals surface area (Å²) in [7, 11) is 0.734. The number of nitriles is 1. The molecule has 3 aromatic rings. The van der Waals surface area contributed by atoms with Crippen molar-refractivity contribution in [2.24, 2.45) is 7.05 Å². The van der Waals surface area contributed by atoms with Crippen LogP contribution in [-0.2, 0) is 17.5 Å². The van der Waals surface area contributed by atoms with E-state index in [-0.39, 0.29) is 45.8 Å².